The molecule has 1 aliphatic heterocycles. The number of carbonyl (C=O) groups excluding carboxylic acids is 1. The van der Waals surface area contributed by atoms with Gasteiger partial charge in [0.05, 0.1) is 17.4 Å². The van der Waals surface area contributed by atoms with Crippen LogP contribution in [0, 0.1) is 0 Å². The number of nitrogens with one attached hydrogen (secondary N) is 1. The summed E-state index contributed by atoms with van der Waals surface area (Å²) < 4.78 is 0. The molecule has 0 saturated carbocycles. The van der Waals surface area contributed by atoms with Gasteiger partial charge >= 0.3 is 0 Å². The fraction of sp³-hybridized carbons (Fsp3) is 0.500. The lowest BCUT2D eigenvalue weighted by molar-refractivity contribution is 0.0734. The molecular formula is C12H18N4O. The molecule has 3 N–H and O–H groups in total. The van der Waals surface area contributed by atoms with Crippen molar-refractivity contribution in [1.29, 1.82) is 0 Å². The second kappa shape index (κ2) is 5.14. The van der Waals surface area contributed by atoms with Crippen LogP contribution in [-0.4, -0.2) is 28.4 Å². The van der Waals surface area contributed by atoms with Crippen molar-refractivity contribution < 1.29 is 4.79 Å². The summed E-state index contributed by atoms with van der Waals surface area (Å²) >= 11 is 0. The second-order valence-corrected chi connectivity index (χ2v) is 4.27. The maximum absolute atomic E-state index is 12.4. The molecule has 0 aliphatic carbocycles. The number of rotatable bonds is 3. The lowest BCUT2D eigenvalue weighted by Crippen LogP contribution is -2.35. The number of nitrogens with zero attached hydrogens (tertiary/aromatic N) is 2. The van der Waals surface area contributed by atoms with Crippen LogP contribution < -0.4 is 11.3 Å². The first-order valence-corrected chi connectivity index (χ1v) is 5.99. The van der Waals surface area contributed by atoms with E-state index in [9.17, 15) is 4.79 Å². The number of aromatic nitrogens is 1. The third-order valence-corrected chi connectivity index (χ3v) is 3.32. The van der Waals surface area contributed by atoms with E-state index >= 15 is 0 Å². The third kappa shape index (κ3) is 2.24. The molecular weight excluding hydrogens is 216 g/mol. The highest BCUT2D eigenvalue weighted by molar-refractivity contribution is 5.99. The number of anilines is 1. The number of carbonyl (C=O) groups is 1. The van der Waals surface area contributed by atoms with Gasteiger partial charge < -0.3 is 10.3 Å². The molecule has 1 aromatic rings. The number of nitrogen functional groups attached to an aromatic ring is 1. The first-order valence-electron chi connectivity index (χ1n) is 5.99. The summed E-state index contributed by atoms with van der Waals surface area (Å²) in [6, 6.07) is 2.07. The second-order valence-electron chi connectivity index (χ2n) is 4.27. The van der Waals surface area contributed by atoms with Crippen LogP contribution in [0.3, 0.4) is 0 Å². The Kier molecular flexibility index (Phi) is 3.58. The Morgan fingerprint density at radius 2 is 2.53 bits per heavy atom. The van der Waals surface area contributed by atoms with Crippen molar-refractivity contribution in [2.75, 3.05) is 12.0 Å². The van der Waals surface area contributed by atoms with Gasteiger partial charge in [0.1, 0.15) is 0 Å². The molecule has 1 unspecified atom stereocenters. The van der Waals surface area contributed by atoms with Gasteiger partial charge in [0, 0.05) is 18.8 Å². The number of nitrogens with two attached hydrogens (primary N) is 1. The minimum Gasteiger partial charge on any atom is -0.336 e. The molecule has 1 saturated heterocycles. The van der Waals surface area contributed by atoms with E-state index in [4.69, 9.17) is 5.84 Å². The van der Waals surface area contributed by atoms with Gasteiger partial charge in [-0.05, 0) is 25.3 Å². The molecule has 0 aromatic carbocycles. The maximum Gasteiger partial charge on any atom is 0.256 e. The normalized spacial score (nSPS) is 19.4. The number of hydrogen-bond acceptors (Lipinski definition) is 4. The highest BCUT2D eigenvalue weighted by atomic mass is 16.2. The molecule has 2 heterocycles. The Labute approximate surface area is 101 Å². The topological polar surface area (TPSA) is 71.2 Å². The van der Waals surface area contributed by atoms with Gasteiger partial charge in [0.2, 0.25) is 0 Å². The van der Waals surface area contributed by atoms with Gasteiger partial charge in [0.15, 0.2) is 0 Å². The lowest BCUT2D eigenvalue weighted by atomic mass is 10.1. The predicted molar refractivity (Wildman–Crippen MR) is 66.4 cm³/mol. The van der Waals surface area contributed by atoms with E-state index in [1.807, 2.05) is 4.90 Å². The molecule has 0 bridgehead atoms. The molecule has 1 aromatic heterocycles. The van der Waals surface area contributed by atoms with Crippen molar-refractivity contribution in [3.05, 3.63) is 24.0 Å². The highest BCUT2D eigenvalue weighted by Crippen LogP contribution is 2.24. The van der Waals surface area contributed by atoms with Crippen LogP contribution in [0.5, 0.6) is 0 Å². The van der Waals surface area contributed by atoms with Crippen LogP contribution in [0.4, 0.5) is 5.69 Å². The fourth-order valence-corrected chi connectivity index (χ4v) is 2.38. The van der Waals surface area contributed by atoms with Crippen molar-refractivity contribution in [2.45, 2.75) is 32.2 Å². The molecule has 1 fully saturated rings. The van der Waals surface area contributed by atoms with Crippen molar-refractivity contribution in [3.63, 3.8) is 0 Å². The summed E-state index contributed by atoms with van der Waals surface area (Å²) in [5.41, 5.74) is 3.71. The van der Waals surface area contributed by atoms with Gasteiger partial charge in [-0.3, -0.25) is 15.6 Å². The largest absolute Gasteiger partial charge is 0.336 e. The summed E-state index contributed by atoms with van der Waals surface area (Å²) in [5.74, 6) is 5.44. The minimum atomic E-state index is 0.0460. The molecule has 1 aliphatic rings. The van der Waals surface area contributed by atoms with E-state index < -0.39 is 0 Å². The molecule has 17 heavy (non-hydrogen) atoms. The first-order chi connectivity index (χ1) is 8.27. The minimum absolute atomic E-state index is 0.0460. The SMILES string of the molecule is CCC1CCCN1C(=O)c1ccncc1NN. The van der Waals surface area contributed by atoms with Crippen LogP contribution >= 0.6 is 0 Å². The van der Waals surface area contributed by atoms with E-state index in [0.29, 0.717) is 17.3 Å². The predicted octanol–water partition coefficient (Wildman–Crippen LogP) is 1.38. The quantitative estimate of drug-likeness (QED) is 0.612. The molecule has 5 heteroatoms. The van der Waals surface area contributed by atoms with Crippen molar-refractivity contribution in [3.8, 4) is 0 Å². The summed E-state index contributed by atoms with van der Waals surface area (Å²) in [6.45, 7) is 2.95. The first kappa shape index (κ1) is 11.9. The summed E-state index contributed by atoms with van der Waals surface area (Å²) in [7, 11) is 0. The molecule has 5 nitrogen and oxygen atoms in total. The summed E-state index contributed by atoms with van der Waals surface area (Å²) in [4.78, 5) is 18.3. The van der Waals surface area contributed by atoms with Crippen molar-refractivity contribution >= 4 is 11.6 Å². The monoisotopic (exact) mass is 234 g/mol. The third-order valence-electron chi connectivity index (χ3n) is 3.32. The Morgan fingerprint density at radius 3 is 3.24 bits per heavy atom. The Morgan fingerprint density at radius 1 is 1.71 bits per heavy atom. The highest BCUT2D eigenvalue weighted by Gasteiger charge is 2.29. The summed E-state index contributed by atoms with van der Waals surface area (Å²) in [6.07, 6.45) is 6.37. The number of pyridine rings is 1. The number of hydrogen-bond donors (Lipinski definition) is 2. The number of hydrazine groups is 1. The fourth-order valence-electron chi connectivity index (χ4n) is 2.38. The molecule has 1 atom stereocenters. The average molecular weight is 234 g/mol. The molecule has 1 amide bonds. The van der Waals surface area contributed by atoms with Gasteiger partial charge in [-0.2, -0.15) is 0 Å². The molecule has 92 valence electrons. The van der Waals surface area contributed by atoms with Gasteiger partial charge in [0.25, 0.3) is 5.91 Å². The van der Waals surface area contributed by atoms with Crippen molar-refractivity contribution in [1.82, 2.24) is 9.88 Å². The van der Waals surface area contributed by atoms with Gasteiger partial charge in [-0.1, -0.05) is 6.92 Å². The van der Waals surface area contributed by atoms with Crippen LogP contribution in [0.1, 0.15) is 36.5 Å². The van der Waals surface area contributed by atoms with Crippen LogP contribution in [-0.2, 0) is 0 Å². The Hall–Kier alpha value is -1.62. The van der Waals surface area contributed by atoms with Crippen LogP contribution in [0.25, 0.3) is 0 Å². The molecule has 0 spiro atoms. The zero-order valence-electron chi connectivity index (χ0n) is 10.0. The number of likely N-dealkylation sites (tertiary alicyclic amines) is 1. The van der Waals surface area contributed by atoms with E-state index in [1.54, 1.807) is 18.5 Å². The Bertz CT molecular complexity index is 407. The van der Waals surface area contributed by atoms with Crippen molar-refractivity contribution in [2.24, 2.45) is 5.84 Å². The van der Waals surface area contributed by atoms with E-state index in [2.05, 4.69) is 17.3 Å². The zero-order valence-corrected chi connectivity index (χ0v) is 10.0. The maximum atomic E-state index is 12.4. The smallest absolute Gasteiger partial charge is 0.256 e. The van der Waals surface area contributed by atoms with E-state index in [-0.39, 0.29) is 5.91 Å². The average Bonchev–Trinajstić information content (AvgIpc) is 2.86. The lowest BCUT2D eigenvalue weighted by Gasteiger charge is -2.24. The van der Waals surface area contributed by atoms with Gasteiger partial charge in [-0.15, -0.1) is 0 Å². The summed E-state index contributed by atoms with van der Waals surface area (Å²) in [5, 5.41) is 0. The Balaban J connectivity index is 2.24. The van der Waals surface area contributed by atoms with E-state index in [0.717, 1.165) is 25.8 Å². The van der Waals surface area contributed by atoms with Crippen LogP contribution in [0.2, 0.25) is 0 Å². The number of amides is 1. The van der Waals surface area contributed by atoms with E-state index in [1.165, 1.54) is 0 Å². The van der Waals surface area contributed by atoms with Gasteiger partial charge in [-0.25, -0.2) is 0 Å². The standard InChI is InChI=1S/C12H18N4O/c1-2-9-4-3-7-16(9)12(17)10-5-6-14-8-11(10)15-13/h5-6,8-9,15H,2-4,7,13H2,1H3. The molecule has 2 rings (SSSR count). The zero-order chi connectivity index (χ0) is 12.3. The molecule has 0 radical (unpaired) electrons. The van der Waals surface area contributed by atoms with Crippen LogP contribution in [0.15, 0.2) is 18.5 Å².